The molecule has 21 heavy (non-hydrogen) atoms. The van der Waals surface area contributed by atoms with E-state index in [1.807, 2.05) is 6.07 Å². The number of halogens is 2. The predicted octanol–water partition coefficient (Wildman–Crippen LogP) is 1.05. The number of ether oxygens (including phenoxy) is 1. The maximum Gasteiger partial charge on any atom is 0.257 e. The Hall–Kier alpha value is -1.53. The lowest BCUT2D eigenvalue weighted by Gasteiger charge is -2.10. The molecule has 0 aliphatic heterocycles. The number of nitriles is 1. The molecule has 114 valence electrons. The van der Waals surface area contributed by atoms with Gasteiger partial charge in [0, 0.05) is 12.6 Å². The number of nitrogens with two attached hydrogens (primary N) is 1. The first kappa shape index (κ1) is 17.5. The number of benzene rings is 1. The Morgan fingerprint density at radius 1 is 1.38 bits per heavy atom. The molecule has 0 saturated heterocycles. The Morgan fingerprint density at radius 3 is 2.62 bits per heavy atom. The lowest BCUT2D eigenvalue weighted by atomic mass is 10.3. The molecule has 3 N–H and O–H groups in total. The molecule has 0 aromatic heterocycles. The largest absolute Gasteiger partial charge is 0.482 e. The molecule has 0 bridgehead atoms. The van der Waals surface area contributed by atoms with Crippen molar-refractivity contribution in [1.82, 2.24) is 5.32 Å². The van der Waals surface area contributed by atoms with Crippen LogP contribution in [0.1, 0.15) is 6.42 Å². The molecule has 0 heterocycles. The smallest absolute Gasteiger partial charge is 0.257 e. The molecule has 1 aromatic carbocycles. The fraction of sp³-hybridized carbons (Fsp3) is 0.273. The van der Waals surface area contributed by atoms with E-state index in [2.05, 4.69) is 5.32 Å². The molecule has 1 amide bonds. The zero-order valence-electron chi connectivity index (χ0n) is 10.6. The van der Waals surface area contributed by atoms with Gasteiger partial charge in [-0.15, -0.1) is 0 Å². The van der Waals surface area contributed by atoms with Gasteiger partial charge in [0.15, 0.2) is 6.61 Å². The van der Waals surface area contributed by atoms with Crippen molar-refractivity contribution < 1.29 is 17.9 Å². The third kappa shape index (κ3) is 5.40. The number of sulfonamides is 1. The third-order valence-corrected chi connectivity index (χ3v) is 3.88. The summed E-state index contributed by atoms with van der Waals surface area (Å²) in [6, 6.07) is 4.07. The molecule has 1 aromatic rings. The van der Waals surface area contributed by atoms with Crippen LogP contribution >= 0.6 is 23.2 Å². The van der Waals surface area contributed by atoms with Crippen LogP contribution < -0.4 is 15.2 Å². The molecule has 0 aliphatic carbocycles. The Kier molecular flexibility index (Phi) is 6.23. The molecule has 0 aliphatic rings. The van der Waals surface area contributed by atoms with E-state index >= 15 is 0 Å². The Balaban J connectivity index is 2.76. The van der Waals surface area contributed by atoms with Crippen molar-refractivity contribution in [2.24, 2.45) is 5.14 Å². The summed E-state index contributed by atoms with van der Waals surface area (Å²) in [5, 5.41) is 15.5. The van der Waals surface area contributed by atoms with Crippen LogP contribution in [-0.2, 0) is 14.8 Å². The van der Waals surface area contributed by atoms with E-state index in [0.717, 1.165) is 12.1 Å². The highest BCUT2D eigenvalue weighted by atomic mass is 35.5. The van der Waals surface area contributed by atoms with Crippen LogP contribution in [0.25, 0.3) is 0 Å². The average molecular weight is 352 g/mol. The van der Waals surface area contributed by atoms with Crippen molar-refractivity contribution in [2.75, 3.05) is 13.2 Å². The van der Waals surface area contributed by atoms with Crippen LogP contribution in [0, 0.1) is 11.3 Å². The number of carbonyl (C=O) groups is 1. The molecule has 0 radical (unpaired) electrons. The van der Waals surface area contributed by atoms with E-state index in [0.29, 0.717) is 0 Å². The van der Waals surface area contributed by atoms with E-state index in [-0.39, 0.29) is 40.3 Å². The molecule has 0 saturated carbocycles. The zero-order valence-corrected chi connectivity index (χ0v) is 12.9. The average Bonchev–Trinajstić information content (AvgIpc) is 2.38. The Labute approximate surface area is 131 Å². The number of amides is 1. The number of carbonyl (C=O) groups excluding carboxylic acids is 1. The summed E-state index contributed by atoms with van der Waals surface area (Å²) in [5.74, 6) is -0.405. The van der Waals surface area contributed by atoms with Gasteiger partial charge in [0.1, 0.15) is 10.6 Å². The van der Waals surface area contributed by atoms with Gasteiger partial charge in [-0.25, -0.2) is 13.6 Å². The van der Waals surface area contributed by atoms with E-state index in [1.54, 1.807) is 0 Å². The van der Waals surface area contributed by atoms with Crippen molar-refractivity contribution in [3.8, 4) is 11.8 Å². The van der Waals surface area contributed by atoms with Gasteiger partial charge in [-0.1, -0.05) is 23.2 Å². The summed E-state index contributed by atoms with van der Waals surface area (Å²) in [7, 11) is -4.00. The van der Waals surface area contributed by atoms with Gasteiger partial charge in [0.2, 0.25) is 10.0 Å². The van der Waals surface area contributed by atoms with Crippen LogP contribution in [0.5, 0.6) is 5.75 Å². The summed E-state index contributed by atoms with van der Waals surface area (Å²) < 4.78 is 27.6. The number of rotatable bonds is 6. The molecule has 1 rings (SSSR count). The van der Waals surface area contributed by atoms with Gasteiger partial charge in [0.25, 0.3) is 5.91 Å². The predicted molar refractivity (Wildman–Crippen MR) is 76.6 cm³/mol. The van der Waals surface area contributed by atoms with Crippen LogP contribution in [0.15, 0.2) is 17.0 Å². The van der Waals surface area contributed by atoms with Crippen LogP contribution in [-0.4, -0.2) is 27.5 Å². The minimum Gasteiger partial charge on any atom is -0.482 e. The molecule has 0 spiro atoms. The van der Waals surface area contributed by atoms with Crippen molar-refractivity contribution in [2.45, 2.75) is 11.3 Å². The number of hydrogen-bond donors (Lipinski definition) is 2. The SMILES string of the molecule is N#CCCNC(=O)COc1cc(Cl)c(S(N)(=O)=O)cc1Cl. The lowest BCUT2D eigenvalue weighted by molar-refractivity contribution is -0.123. The van der Waals surface area contributed by atoms with Gasteiger partial charge in [0.05, 0.1) is 22.5 Å². The normalized spacial score (nSPS) is 10.8. The van der Waals surface area contributed by atoms with Crippen molar-refractivity contribution >= 4 is 39.1 Å². The summed E-state index contributed by atoms with van der Waals surface area (Å²) in [5.41, 5.74) is 0. The van der Waals surface area contributed by atoms with E-state index in [1.165, 1.54) is 0 Å². The molecule has 0 fully saturated rings. The zero-order chi connectivity index (χ0) is 16.0. The first-order valence-corrected chi connectivity index (χ1v) is 7.84. The molecular formula is C11H11Cl2N3O4S. The second-order valence-electron chi connectivity index (χ2n) is 3.80. The number of nitrogens with zero attached hydrogens (tertiary/aromatic N) is 1. The number of nitrogens with one attached hydrogen (secondary N) is 1. The number of primary sulfonamides is 1. The summed E-state index contributed by atoms with van der Waals surface area (Å²) >= 11 is 11.6. The van der Waals surface area contributed by atoms with Crippen molar-refractivity contribution in [3.05, 3.63) is 22.2 Å². The highest BCUT2D eigenvalue weighted by Crippen LogP contribution is 2.32. The van der Waals surface area contributed by atoms with Crippen molar-refractivity contribution in [1.29, 1.82) is 5.26 Å². The minimum absolute atomic E-state index is 0.0458. The minimum atomic E-state index is -4.00. The summed E-state index contributed by atoms with van der Waals surface area (Å²) in [6.45, 7) is -0.145. The first-order valence-electron chi connectivity index (χ1n) is 5.54. The molecule has 0 atom stereocenters. The Morgan fingerprint density at radius 2 is 2.05 bits per heavy atom. The van der Waals surface area contributed by atoms with E-state index in [4.69, 9.17) is 38.3 Å². The van der Waals surface area contributed by atoms with Gasteiger partial charge in [-0.05, 0) is 6.07 Å². The first-order chi connectivity index (χ1) is 9.75. The summed E-state index contributed by atoms with van der Waals surface area (Å²) in [6.07, 6.45) is 0.182. The fourth-order valence-electron chi connectivity index (χ4n) is 1.29. The molecule has 7 nitrogen and oxygen atoms in total. The highest BCUT2D eigenvalue weighted by Gasteiger charge is 2.17. The van der Waals surface area contributed by atoms with Crippen LogP contribution in [0.2, 0.25) is 10.0 Å². The van der Waals surface area contributed by atoms with Crippen LogP contribution in [0.3, 0.4) is 0 Å². The van der Waals surface area contributed by atoms with Gasteiger partial charge < -0.3 is 10.1 Å². The van der Waals surface area contributed by atoms with Gasteiger partial charge >= 0.3 is 0 Å². The lowest BCUT2D eigenvalue weighted by Crippen LogP contribution is -2.29. The topological polar surface area (TPSA) is 122 Å². The fourth-order valence-corrected chi connectivity index (χ4v) is 2.66. The summed E-state index contributed by atoms with van der Waals surface area (Å²) in [4.78, 5) is 11.0. The number of hydrogen-bond acceptors (Lipinski definition) is 5. The van der Waals surface area contributed by atoms with Gasteiger partial charge in [-0.2, -0.15) is 5.26 Å². The Bertz CT molecular complexity index is 685. The van der Waals surface area contributed by atoms with Crippen LogP contribution in [0.4, 0.5) is 0 Å². The quantitative estimate of drug-likeness (QED) is 0.741. The highest BCUT2D eigenvalue weighted by molar-refractivity contribution is 7.89. The second-order valence-corrected chi connectivity index (χ2v) is 6.15. The van der Waals surface area contributed by atoms with E-state index < -0.39 is 15.9 Å². The molecular weight excluding hydrogens is 341 g/mol. The maximum absolute atomic E-state index is 11.4. The second kappa shape index (κ2) is 7.47. The molecule has 0 unspecified atom stereocenters. The maximum atomic E-state index is 11.4. The molecule has 10 heteroatoms. The van der Waals surface area contributed by atoms with Crippen molar-refractivity contribution in [3.63, 3.8) is 0 Å². The van der Waals surface area contributed by atoms with E-state index in [9.17, 15) is 13.2 Å². The van der Waals surface area contributed by atoms with Gasteiger partial charge in [-0.3, -0.25) is 4.79 Å². The monoisotopic (exact) mass is 351 g/mol. The standard InChI is InChI=1S/C11H11Cl2N3O4S/c12-7-5-10(21(15,18)19)8(13)4-9(7)20-6-11(17)16-3-1-2-14/h4-5H,1,3,6H2,(H,16,17)(H2,15,18,19). The third-order valence-electron chi connectivity index (χ3n) is 2.21.